The molecule has 7 heteroatoms. The first-order chi connectivity index (χ1) is 8.56. The molecule has 6 nitrogen and oxygen atoms in total. The van der Waals surface area contributed by atoms with E-state index in [9.17, 15) is 14.0 Å². The number of hydrogen-bond acceptors (Lipinski definition) is 4. The van der Waals surface area contributed by atoms with Gasteiger partial charge in [-0.2, -0.15) is 0 Å². The summed E-state index contributed by atoms with van der Waals surface area (Å²) in [6.07, 6.45) is -1.07. The lowest BCUT2D eigenvalue weighted by Gasteiger charge is -2.12. The fourth-order valence-corrected chi connectivity index (χ4v) is 1.50. The van der Waals surface area contributed by atoms with E-state index in [4.69, 9.17) is 14.6 Å². The zero-order valence-corrected chi connectivity index (χ0v) is 9.18. The predicted molar refractivity (Wildman–Crippen MR) is 57.1 cm³/mol. The largest absolute Gasteiger partial charge is 0.489 e. The average molecular weight is 255 g/mol. The van der Waals surface area contributed by atoms with Crippen LogP contribution in [-0.2, 0) is 4.74 Å². The lowest BCUT2D eigenvalue weighted by atomic mass is 10.2. The van der Waals surface area contributed by atoms with E-state index in [0.29, 0.717) is 0 Å². The predicted octanol–water partition coefficient (Wildman–Crippen LogP) is 1.01. The number of nitrogens with one attached hydrogen (secondary N) is 1. The molecule has 0 aliphatic carbocycles. The maximum Gasteiger partial charge on any atom is 0.407 e. The van der Waals surface area contributed by atoms with E-state index in [-0.39, 0.29) is 24.5 Å². The molecule has 1 aliphatic heterocycles. The highest BCUT2D eigenvalue weighted by Crippen LogP contribution is 2.20. The number of cyclic esters (lactones) is 1. The van der Waals surface area contributed by atoms with E-state index >= 15 is 0 Å². The molecule has 0 bridgehead atoms. The summed E-state index contributed by atoms with van der Waals surface area (Å²) < 4.78 is 23.0. The van der Waals surface area contributed by atoms with Gasteiger partial charge in [-0.3, -0.25) is 0 Å². The van der Waals surface area contributed by atoms with Crippen molar-refractivity contribution in [3.8, 4) is 5.75 Å². The van der Waals surface area contributed by atoms with Gasteiger partial charge in [0.05, 0.1) is 6.54 Å². The van der Waals surface area contributed by atoms with Crippen LogP contribution < -0.4 is 10.1 Å². The number of alkyl carbamates (subject to hydrolysis) is 1. The molecule has 1 fully saturated rings. The third kappa shape index (κ3) is 2.68. The van der Waals surface area contributed by atoms with Crippen molar-refractivity contribution in [2.75, 3.05) is 13.2 Å². The molecule has 1 aromatic carbocycles. The first-order valence-electron chi connectivity index (χ1n) is 5.16. The van der Waals surface area contributed by atoms with Crippen LogP contribution in [-0.4, -0.2) is 36.4 Å². The summed E-state index contributed by atoms with van der Waals surface area (Å²) in [6.45, 7) is 0.235. The maximum absolute atomic E-state index is 13.0. The molecule has 1 aliphatic rings. The van der Waals surface area contributed by atoms with Gasteiger partial charge in [-0.1, -0.05) is 0 Å². The average Bonchev–Trinajstić information content (AvgIpc) is 2.72. The Labute approximate surface area is 101 Å². The summed E-state index contributed by atoms with van der Waals surface area (Å²) in [5, 5.41) is 11.3. The Bertz CT molecular complexity index is 490. The summed E-state index contributed by atoms with van der Waals surface area (Å²) >= 11 is 0. The van der Waals surface area contributed by atoms with Crippen molar-refractivity contribution in [2.24, 2.45) is 0 Å². The Morgan fingerprint density at radius 2 is 2.39 bits per heavy atom. The van der Waals surface area contributed by atoms with Crippen LogP contribution in [0.3, 0.4) is 0 Å². The van der Waals surface area contributed by atoms with Gasteiger partial charge in [-0.25, -0.2) is 14.0 Å². The number of carbonyl (C=O) groups is 2. The fraction of sp³-hybridized carbons (Fsp3) is 0.273. The molecule has 1 heterocycles. The third-order valence-electron chi connectivity index (χ3n) is 2.35. The third-order valence-corrected chi connectivity index (χ3v) is 2.35. The van der Waals surface area contributed by atoms with Gasteiger partial charge in [0.15, 0.2) is 6.10 Å². The van der Waals surface area contributed by atoms with Crippen molar-refractivity contribution in [3.63, 3.8) is 0 Å². The second-order valence-electron chi connectivity index (χ2n) is 3.66. The minimum atomic E-state index is -1.22. The number of carboxylic acid groups (broad SMARTS) is 1. The first kappa shape index (κ1) is 12.2. The monoisotopic (exact) mass is 255 g/mol. The SMILES string of the molecule is O=C1NCC(COc2cc(F)ccc2C(=O)O)O1. The second-order valence-corrected chi connectivity index (χ2v) is 3.66. The highest BCUT2D eigenvalue weighted by Gasteiger charge is 2.23. The van der Waals surface area contributed by atoms with E-state index in [1.165, 1.54) is 0 Å². The van der Waals surface area contributed by atoms with E-state index in [0.717, 1.165) is 18.2 Å². The molecule has 96 valence electrons. The molecule has 18 heavy (non-hydrogen) atoms. The summed E-state index contributed by atoms with van der Waals surface area (Å²) in [6, 6.07) is 3.13. The van der Waals surface area contributed by atoms with Gasteiger partial charge < -0.3 is 19.9 Å². The molecule has 0 radical (unpaired) electrons. The molecule has 1 unspecified atom stereocenters. The van der Waals surface area contributed by atoms with Crippen LogP contribution in [0, 0.1) is 5.82 Å². The van der Waals surface area contributed by atoms with Crippen LogP contribution in [0.5, 0.6) is 5.75 Å². The number of carboxylic acids is 1. The zero-order chi connectivity index (χ0) is 13.1. The summed E-state index contributed by atoms with van der Waals surface area (Å²) in [5.41, 5.74) is -0.145. The van der Waals surface area contributed by atoms with Crippen molar-refractivity contribution in [2.45, 2.75) is 6.10 Å². The number of aromatic carboxylic acids is 1. The quantitative estimate of drug-likeness (QED) is 0.838. The Balaban J connectivity index is 2.06. The van der Waals surface area contributed by atoms with Gasteiger partial charge in [-0.15, -0.1) is 0 Å². The van der Waals surface area contributed by atoms with E-state index < -0.39 is 24.0 Å². The molecule has 1 atom stereocenters. The van der Waals surface area contributed by atoms with Gasteiger partial charge in [0.2, 0.25) is 0 Å². The lowest BCUT2D eigenvalue weighted by molar-refractivity contribution is 0.0684. The standard InChI is InChI=1S/C11H10FNO5/c12-6-1-2-8(10(14)15)9(3-6)17-5-7-4-13-11(16)18-7/h1-3,7H,4-5H2,(H,13,16)(H,14,15). The number of amides is 1. The Hall–Kier alpha value is -2.31. The summed E-state index contributed by atoms with van der Waals surface area (Å²) in [5.74, 6) is -1.91. The van der Waals surface area contributed by atoms with Crippen LogP contribution in [0.1, 0.15) is 10.4 Å². The van der Waals surface area contributed by atoms with Crippen molar-refractivity contribution >= 4 is 12.1 Å². The molecule has 1 saturated heterocycles. The highest BCUT2D eigenvalue weighted by atomic mass is 19.1. The number of benzene rings is 1. The van der Waals surface area contributed by atoms with Gasteiger partial charge >= 0.3 is 12.1 Å². The Morgan fingerprint density at radius 3 is 3.00 bits per heavy atom. The molecule has 0 saturated carbocycles. The molecular weight excluding hydrogens is 245 g/mol. The number of rotatable bonds is 4. The topological polar surface area (TPSA) is 84.9 Å². The highest BCUT2D eigenvalue weighted by molar-refractivity contribution is 5.90. The van der Waals surface area contributed by atoms with Crippen LogP contribution in [0.25, 0.3) is 0 Å². The molecule has 2 N–H and O–H groups in total. The van der Waals surface area contributed by atoms with Gasteiger partial charge in [0, 0.05) is 6.07 Å². The maximum atomic E-state index is 13.0. The minimum Gasteiger partial charge on any atom is -0.489 e. The number of halogens is 1. The van der Waals surface area contributed by atoms with Crippen molar-refractivity contribution < 1.29 is 28.6 Å². The number of ether oxygens (including phenoxy) is 2. The number of carbonyl (C=O) groups excluding carboxylic acids is 1. The first-order valence-corrected chi connectivity index (χ1v) is 5.16. The van der Waals surface area contributed by atoms with Crippen molar-refractivity contribution in [1.29, 1.82) is 0 Å². The minimum absolute atomic E-state index is 0.0392. The second kappa shape index (κ2) is 4.91. The lowest BCUT2D eigenvalue weighted by Crippen LogP contribution is -2.22. The fourth-order valence-electron chi connectivity index (χ4n) is 1.50. The number of hydrogen-bond donors (Lipinski definition) is 2. The van der Waals surface area contributed by atoms with E-state index in [2.05, 4.69) is 5.32 Å². The van der Waals surface area contributed by atoms with Crippen molar-refractivity contribution in [3.05, 3.63) is 29.6 Å². The van der Waals surface area contributed by atoms with Crippen LogP contribution in [0.4, 0.5) is 9.18 Å². The van der Waals surface area contributed by atoms with Gasteiger partial charge in [0.1, 0.15) is 23.7 Å². The van der Waals surface area contributed by atoms with Crippen molar-refractivity contribution in [1.82, 2.24) is 5.32 Å². The van der Waals surface area contributed by atoms with Gasteiger partial charge in [-0.05, 0) is 12.1 Å². The molecule has 0 spiro atoms. The molecule has 1 amide bonds. The Kier molecular flexibility index (Phi) is 3.31. The molecule has 0 aromatic heterocycles. The molecular formula is C11H10FNO5. The Morgan fingerprint density at radius 1 is 1.61 bits per heavy atom. The van der Waals surface area contributed by atoms with Crippen LogP contribution >= 0.6 is 0 Å². The summed E-state index contributed by atoms with van der Waals surface area (Å²) in [4.78, 5) is 21.6. The zero-order valence-electron chi connectivity index (χ0n) is 9.18. The van der Waals surface area contributed by atoms with Crippen LogP contribution in [0.2, 0.25) is 0 Å². The normalized spacial score (nSPS) is 18.1. The van der Waals surface area contributed by atoms with E-state index in [1.807, 2.05) is 0 Å². The molecule has 1 aromatic rings. The van der Waals surface area contributed by atoms with E-state index in [1.54, 1.807) is 0 Å². The summed E-state index contributed by atoms with van der Waals surface area (Å²) in [7, 11) is 0. The van der Waals surface area contributed by atoms with Gasteiger partial charge in [0.25, 0.3) is 0 Å². The smallest absolute Gasteiger partial charge is 0.407 e. The molecule has 2 rings (SSSR count). The van der Waals surface area contributed by atoms with Crippen LogP contribution in [0.15, 0.2) is 18.2 Å².